The average Bonchev–Trinajstić information content (AvgIpc) is 3.09. The zero-order valence-electron chi connectivity index (χ0n) is 14.4. The van der Waals surface area contributed by atoms with Gasteiger partial charge in [-0.2, -0.15) is 0 Å². The van der Waals surface area contributed by atoms with Crippen LogP contribution in [0.1, 0.15) is 16.8 Å². The molecule has 1 amide bonds. The Labute approximate surface area is 176 Å². The Bertz CT molecular complexity index is 1190. The van der Waals surface area contributed by atoms with Gasteiger partial charge in [-0.3, -0.25) is 4.79 Å². The Morgan fingerprint density at radius 1 is 1.11 bits per heavy atom. The van der Waals surface area contributed by atoms with E-state index in [2.05, 4.69) is 52.5 Å². The summed E-state index contributed by atoms with van der Waals surface area (Å²) in [6.07, 6.45) is 1.65. The fourth-order valence-electron chi connectivity index (χ4n) is 3.08. The van der Waals surface area contributed by atoms with Crippen molar-refractivity contribution in [3.63, 3.8) is 0 Å². The SMILES string of the molecule is Cc1c(Br)cc2c(C(P)C(=O)Nc3ccc4ccccc4c3)coc2c1Br. The number of anilines is 1. The van der Waals surface area contributed by atoms with Crippen molar-refractivity contribution in [1.82, 2.24) is 0 Å². The zero-order valence-corrected chi connectivity index (χ0v) is 18.7. The quantitative estimate of drug-likeness (QED) is 0.306. The number of furan rings is 1. The number of halogens is 2. The lowest BCUT2D eigenvalue weighted by Crippen LogP contribution is -2.16. The van der Waals surface area contributed by atoms with Gasteiger partial charge < -0.3 is 9.73 Å². The molecule has 2 atom stereocenters. The molecule has 0 spiro atoms. The summed E-state index contributed by atoms with van der Waals surface area (Å²) in [5, 5.41) is 6.15. The van der Waals surface area contributed by atoms with E-state index in [-0.39, 0.29) is 5.91 Å². The third-order valence-electron chi connectivity index (χ3n) is 4.65. The van der Waals surface area contributed by atoms with Gasteiger partial charge in [-0.15, -0.1) is 9.24 Å². The van der Waals surface area contributed by atoms with E-state index in [1.165, 1.54) is 0 Å². The van der Waals surface area contributed by atoms with Crippen LogP contribution in [0, 0.1) is 6.92 Å². The summed E-state index contributed by atoms with van der Waals surface area (Å²) in [5.74, 6) is -0.106. The summed E-state index contributed by atoms with van der Waals surface area (Å²) in [4.78, 5) is 12.8. The molecular weight excluding hydrogens is 489 g/mol. The molecule has 0 saturated carbocycles. The van der Waals surface area contributed by atoms with E-state index in [1.54, 1.807) is 6.26 Å². The lowest BCUT2D eigenvalue weighted by molar-refractivity contribution is -0.115. The summed E-state index contributed by atoms with van der Waals surface area (Å²) in [5.41, 5.74) is 2.98. The topological polar surface area (TPSA) is 42.2 Å². The first kappa shape index (κ1) is 18.7. The molecular formula is C21H16Br2NO2P. The number of hydrogen-bond acceptors (Lipinski definition) is 2. The van der Waals surface area contributed by atoms with Gasteiger partial charge in [0.1, 0.15) is 5.58 Å². The highest BCUT2D eigenvalue weighted by atomic mass is 79.9. The van der Waals surface area contributed by atoms with Crippen molar-refractivity contribution in [2.75, 3.05) is 5.32 Å². The minimum absolute atomic E-state index is 0.106. The van der Waals surface area contributed by atoms with Crippen LogP contribution in [-0.2, 0) is 4.79 Å². The van der Waals surface area contributed by atoms with Crippen LogP contribution in [0.4, 0.5) is 5.69 Å². The molecule has 1 heterocycles. The van der Waals surface area contributed by atoms with E-state index in [4.69, 9.17) is 4.42 Å². The highest BCUT2D eigenvalue weighted by Crippen LogP contribution is 2.40. The van der Waals surface area contributed by atoms with Crippen LogP contribution in [0.2, 0.25) is 0 Å². The second-order valence-electron chi connectivity index (χ2n) is 6.39. The van der Waals surface area contributed by atoms with Crippen LogP contribution < -0.4 is 5.32 Å². The van der Waals surface area contributed by atoms with E-state index in [0.29, 0.717) is 0 Å². The molecule has 27 heavy (non-hydrogen) atoms. The summed E-state index contributed by atoms with van der Waals surface area (Å²) < 4.78 is 7.60. The van der Waals surface area contributed by atoms with Crippen molar-refractivity contribution >= 4 is 74.4 Å². The molecule has 2 unspecified atom stereocenters. The number of carbonyl (C=O) groups is 1. The second kappa shape index (κ2) is 7.38. The molecule has 0 aliphatic heterocycles. The van der Waals surface area contributed by atoms with Crippen LogP contribution in [0.3, 0.4) is 0 Å². The van der Waals surface area contributed by atoms with Gasteiger partial charge in [-0.05, 0) is 57.4 Å². The molecule has 0 fully saturated rings. The normalized spacial score (nSPS) is 12.4. The number of carbonyl (C=O) groups excluding carboxylic acids is 1. The van der Waals surface area contributed by atoms with Gasteiger partial charge in [0, 0.05) is 21.1 Å². The average molecular weight is 505 g/mol. The third-order valence-corrected chi connectivity index (χ3v) is 7.09. The Kier molecular flexibility index (Phi) is 5.11. The lowest BCUT2D eigenvalue weighted by Gasteiger charge is -2.12. The lowest BCUT2D eigenvalue weighted by atomic mass is 10.1. The van der Waals surface area contributed by atoms with Gasteiger partial charge in [0.15, 0.2) is 0 Å². The number of benzene rings is 3. The van der Waals surface area contributed by atoms with Crippen LogP contribution >= 0.6 is 41.1 Å². The minimum Gasteiger partial charge on any atom is -0.463 e. The molecule has 1 aromatic heterocycles. The molecule has 3 aromatic carbocycles. The maximum absolute atomic E-state index is 12.8. The highest BCUT2D eigenvalue weighted by Gasteiger charge is 2.22. The summed E-state index contributed by atoms with van der Waals surface area (Å²) in [6, 6.07) is 16.0. The number of rotatable bonds is 3. The molecule has 6 heteroatoms. The van der Waals surface area contributed by atoms with Crippen molar-refractivity contribution in [3.8, 4) is 0 Å². The van der Waals surface area contributed by atoms with Crippen LogP contribution in [-0.4, -0.2) is 5.91 Å². The fraction of sp³-hybridized carbons (Fsp3) is 0.0952. The maximum Gasteiger partial charge on any atom is 0.235 e. The minimum atomic E-state index is -0.431. The summed E-state index contributed by atoms with van der Waals surface area (Å²) >= 11 is 7.15. The predicted octanol–water partition coefficient (Wildman–Crippen LogP) is 6.97. The van der Waals surface area contributed by atoms with Gasteiger partial charge in [0.2, 0.25) is 5.91 Å². The standard InChI is InChI=1S/C21H16Br2NO2P/c1-11-17(22)9-15-16(10-26-19(15)18(11)23)20(27)21(25)24-14-7-6-12-4-2-3-5-13(12)8-14/h2-10,20H,27H2,1H3,(H,24,25). The molecule has 4 rings (SSSR count). The van der Waals surface area contributed by atoms with Crippen LogP contribution in [0.5, 0.6) is 0 Å². The molecule has 4 aromatic rings. The van der Waals surface area contributed by atoms with Crippen molar-refractivity contribution in [3.05, 3.63) is 74.9 Å². The number of fused-ring (bicyclic) bond motifs is 2. The largest absolute Gasteiger partial charge is 0.463 e. The molecule has 0 saturated heterocycles. The smallest absolute Gasteiger partial charge is 0.235 e. The Balaban J connectivity index is 1.65. The van der Waals surface area contributed by atoms with Gasteiger partial charge in [0.05, 0.1) is 16.4 Å². The third kappa shape index (κ3) is 3.44. The Hall–Kier alpha value is -1.68. The molecule has 0 bridgehead atoms. The Morgan fingerprint density at radius 2 is 1.85 bits per heavy atom. The number of nitrogens with one attached hydrogen (secondary N) is 1. The summed E-state index contributed by atoms with van der Waals surface area (Å²) in [6.45, 7) is 2.00. The first-order valence-electron chi connectivity index (χ1n) is 8.36. The Morgan fingerprint density at radius 3 is 2.63 bits per heavy atom. The highest BCUT2D eigenvalue weighted by molar-refractivity contribution is 9.11. The molecule has 136 valence electrons. The van der Waals surface area contributed by atoms with Crippen LogP contribution in [0.15, 0.2) is 68.2 Å². The molecule has 0 radical (unpaired) electrons. The zero-order chi connectivity index (χ0) is 19.1. The van der Waals surface area contributed by atoms with Gasteiger partial charge in [-0.25, -0.2) is 0 Å². The van der Waals surface area contributed by atoms with Crippen LogP contribution in [0.25, 0.3) is 21.7 Å². The number of amides is 1. The van der Waals surface area contributed by atoms with Crippen molar-refractivity contribution in [2.24, 2.45) is 0 Å². The first-order chi connectivity index (χ1) is 13.0. The van der Waals surface area contributed by atoms with E-state index in [0.717, 1.165) is 47.5 Å². The molecule has 0 aliphatic rings. The van der Waals surface area contributed by atoms with E-state index in [1.807, 2.05) is 49.4 Å². The van der Waals surface area contributed by atoms with E-state index < -0.39 is 5.66 Å². The predicted molar refractivity (Wildman–Crippen MR) is 121 cm³/mol. The van der Waals surface area contributed by atoms with Crippen molar-refractivity contribution in [2.45, 2.75) is 12.6 Å². The fourth-order valence-corrected chi connectivity index (χ4v) is 4.63. The summed E-state index contributed by atoms with van der Waals surface area (Å²) in [7, 11) is 2.62. The first-order valence-corrected chi connectivity index (χ1v) is 10.6. The number of hydrogen-bond donors (Lipinski definition) is 1. The van der Waals surface area contributed by atoms with E-state index in [9.17, 15) is 4.79 Å². The van der Waals surface area contributed by atoms with Gasteiger partial charge >= 0.3 is 0 Å². The van der Waals surface area contributed by atoms with Gasteiger partial charge in [-0.1, -0.05) is 46.3 Å². The second-order valence-corrected chi connectivity index (χ2v) is 8.71. The molecule has 0 aliphatic carbocycles. The van der Waals surface area contributed by atoms with E-state index >= 15 is 0 Å². The molecule has 3 nitrogen and oxygen atoms in total. The van der Waals surface area contributed by atoms with Crippen molar-refractivity contribution < 1.29 is 9.21 Å². The van der Waals surface area contributed by atoms with Crippen molar-refractivity contribution in [1.29, 1.82) is 0 Å². The molecule has 1 N–H and O–H groups in total. The maximum atomic E-state index is 12.8. The monoisotopic (exact) mass is 503 g/mol. The van der Waals surface area contributed by atoms with Gasteiger partial charge in [0.25, 0.3) is 0 Å².